The van der Waals surface area contributed by atoms with Gasteiger partial charge in [0.2, 0.25) is 11.1 Å². The van der Waals surface area contributed by atoms with Crippen molar-refractivity contribution in [3.63, 3.8) is 0 Å². The lowest BCUT2D eigenvalue weighted by Crippen LogP contribution is -2.17. The monoisotopic (exact) mass is 466 g/mol. The van der Waals surface area contributed by atoms with Gasteiger partial charge in [-0.2, -0.15) is 14.5 Å². The molecule has 0 unspecified atom stereocenters. The molecule has 0 saturated heterocycles. The summed E-state index contributed by atoms with van der Waals surface area (Å²) in [5, 5.41) is 15.5. The Labute approximate surface area is 192 Å². The molecule has 33 heavy (non-hydrogen) atoms. The summed E-state index contributed by atoms with van der Waals surface area (Å²) in [6, 6.07) is 15.2. The van der Waals surface area contributed by atoms with Gasteiger partial charge in [0.15, 0.2) is 11.5 Å². The van der Waals surface area contributed by atoms with Crippen molar-refractivity contribution < 1.29 is 23.8 Å². The van der Waals surface area contributed by atoms with Gasteiger partial charge in [0.25, 0.3) is 11.8 Å². The Morgan fingerprint density at radius 3 is 2.67 bits per heavy atom. The number of carbonyl (C=O) groups is 1. The number of phenolic OH excluding ortho intramolecular Hbond substituents is 1. The number of nitrogens with zero attached hydrogens (tertiary/aromatic N) is 3. The van der Waals surface area contributed by atoms with Crippen LogP contribution in [0.2, 0.25) is 5.28 Å². The second-order valence-corrected chi connectivity index (χ2v) is 7.06. The highest BCUT2D eigenvalue weighted by Gasteiger charge is 2.14. The first kappa shape index (κ1) is 22.0. The number of hydrazone groups is 1. The SMILES string of the molecule is COc1cc(/C=N\NC(=O)c2cc3ccccc3cc2O)ccc1Oc1nc(Cl)ncc1F. The topological polar surface area (TPSA) is 106 Å². The Balaban J connectivity index is 1.49. The largest absolute Gasteiger partial charge is 0.507 e. The van der Waals surface area contributed by atoms with Gasteiger partial charge >= 0.3 is 0 Å². The van der Waals surface area contributed by atoms with Crippen LogP contribution in [-0.4, -0.2) is 34.3 Å². The lowest BCUT2D eigenvalue weighted by molar-refractivity contribution is 0.0952. The molecule has 4 aromatic rings. The van der Waals surface area contributed by atoms with Crippen LogP contribution < -0.4 is 14.9 Å². The molecule has 0 atom stereocenters. The van der Waals surface area contributed by atoms with Gasteiger partial charge in [0, 0.05) is 0 Å². The van der Waals surface area contributed by atoms with Crippen LogP contribution in [0.3, 0.4) is 0 Å². The maximum absolute atomic E-state index is 13.8. The number of ether oxygens (including phenoxy) is 2. The quantitative estimate of drug-likeness (QED) is 0.242. The third kappa shape index (κ3) is 4.99. The fraction of sp³-hybridized carbons (Fsp3) is 0.0435. The molecule has 8 nitrogen and oxygen atoms in total. The predicted molar refractivity (Wildman–Crippen MR) is 121 cm³/mol. The van der Waals surface area contributed by atoms with E-state index in [2.05, 4.69) is 20.5 Å². The van der Waals surface area contributed by atoms with Gasteiger partial charge in [-0.05, 0) is 58.3 Å². The molecule has 0 saturated carbocycles. The molecule has 0 aliphatic heterocycles. The van der Waals surface area contributed by atoms with E-state index in [1.807, 2.05) is 24.3 Å². The van der Waals surface area contributed by atoms with E-state index < -0.39 is 11.7 Å². The predicted octanol–water partition coefficient (Wildman–Crippen LogP) is 4.69. The molecule has 1 heterocycles. The van der Waals surface area contributed by atoms with Crippen molar-refractivity contribution in [2.45, 2.75) is 0 Å². The first-order chi connectivity index (χ1) is 15.9. The van der Waals surface area contributed by atoms with Gasteiger partial charge in [-0.3, -0.25) is 4.79 Å². The summed E-state index contributed by atoms with van der Waals surface area (Å²) in [5.41, 5.74) is 3.03. The van der Waals surface area contributed by atoms with Crippen LogP contribution in [-0.2, 0) is 0 Å². The van der Waals surface area contributed by atoms with Gasteiger partial charge in [0.1, 0.15) is 5.75 Å². The third-order valence-electron chi connectivity index (χ3n) is 4.57. The number of benzene rings is 3. The molecule has 0 spiro atoms. The number of amides is 1. The third-order valence-corrected chi connectivity index (χ3v) is 4.75. The van der Waals surface area contributed by atoms with E-state index in [1.165, 1.54) is 25.5 Å². The fourth-order valence-corrected chi connectivity index (χ4v) is 3.12. The van der Waals surface area contributed by atoms with Crippen LogP contribution in [0.15, 0.2) is 65.9 Å². The Morgan fingerprint density at radius 1 is 1.15 bits per heavy atom. The number of hydrogen-bond donors (Lipinski definition) is 2. The number of aromatic nitrogens is 2. The Hall–Kier alpha value is -4.24. The summed E-state index contributed by atoms with van der Waals surface area (Å²) < 4.78 is 24.6. The minimum absolute atomic E-state index is 0.0951. The minimum Gasteiger partial charge on any atom is -0.507 e. The number of nitrogens with one attached hydrogen (secondary N) is 1. The summed E-state index contributed by atoms with van der Waals surface area (Å²) in [4.78, 5) is 19.7. The van der Waals surface area contributed by atoms with Gasteiger partial charge in [0.05, 0.1) is 25.1 Å². The highest BCUT2D eigenvalue weighted by Crippen LogP contribution is 2.32. The van der Waals surface area contributed by atoms with Crippen molar-refractivity contribution in [2.75, 3.05) is 7.11 Å². The first-order valence-corrected chi connectivity index (χ1v) is 9.91. The van der Waals surface area contributed by atoms with E-state index in [0.717, 1.165) is 17.0 Å². The van der Waals surface area contributed by atoms with Crippen LogP contribution in [0.4, 0.5) is 4.39 Å². The average molecular weight is 467 g/mol. The average Bonchev–Trinajstić information content (AvgIpc) is 2.81. The van der Waals surface area contributed by atoms with Crippen molar-refractivity contribution in [3.8, 4) is 23.1 Å². The maximum atomic E-state index is 13.8. The standard InChI is InChI=1S/C23H16ClFN4O4/c1-32-20-8-13(6-7-19(20)33-22-17(25)12-26-23(24)28-22)11-27-29-21(31)16-9-14-4-2-3-5-15(14)10-18(16)30/h2-12,30H,1H3,(H,29,31)/b27-11-. The molecule has 0 bridgehead atoms. The lowest BCUT2D eigenvalue weighted by Gasteiger charge is -2.10. The Bertz CT molecular complexity index is 1380. The molecule has 0 aliphatic rings. The summed E-state index contributed by atoms with van der Waals surface area (Å²) in [6.07, 6.45) is 2.28. The number of hydrogen-bond acceptors (Lipinski definition) is 7. The zero-order valence-corrected chi connectivity index (χ0v) is 17.9. The van der Waals surface area contributed by atoms with E-state index in [9.17, 15) is 14.3 Å². The van der Waals surface area contributed by atoms with Crippen molar-refractivity contribution >= 4 is 34.5 Å². The molecule has 2 N–H and O–H groups in total. The maximum Gasteiger partial charge on any atom is 0.275 e. The number of methoxy groups -OCH3 is 1. The second-order valence-electron chi connectivity index (χ2n) is 6.72. The highest BCUT2D eigenvalue weighted by atomic mass is 35.5. The fourth-order valence-electron chi connectivity index (χ4n) is 2.99. The van der Waals surface area contributed by atoms with Crippen LogP contribution in [0.5, 0.6) is 23.1 Å². The van der Waals surface area contributed by atoms with Crippen LogP contribution >= 0.6 is 11.6 Å². The van der Waals surface area contributed by atoms with Crippen LogP contribution in [0.1, 0.15) is 15.9 Å². The molecule has 10 heteroatoms. The van der Waals surface area contributed by atoms with Crippen molar-refractivity contribution in [2.24, 2.45) is 5.10 Å². The molecular weight excluding hydrogens is 451 g/mol. The number of carbonyl (C=O) groups excluding carboxylic acids is 1. The number of fused-ring (bicyclic) bond motifs is 1. The smallest absolute Gasteiger partial charge is 0.275 e. The number of phenols is 1. The zero-order chi connectivity index (χ0) is 23.4. The Kier molecular flexibility index (Phi) is 6.32. The van der Waals surface area contributed by atoms with Gasteiger partial charge < -0.3 is 14.6 Å². The van der Waals surface area contributed by atoms with Crippen LogP contribution in [0.25, 0.3) is 10.8 Å². The molecule has 1 amide bonds. The normalized spacial score (nSPS) is 11.0. The number of halogens is 2. The van der Waals surface area contributed by atoms with E-state index in [4.69, 9.17) is 21.1 Å². The summed E-state index contributed by atoms with van der Waals surface area (Å²) >= 11 is 5.68. The first-order valence-electron chi connectivity index (χ1n) is 9.53. The van der Waals surface area contributed by atoms with Crippen LogP contribution in [0, 0.1) is 5.82 Å². The number of aromatic hydroxyl groups is 1. The number of rotatable bonds is 6. The van der Waals surface area contributed by atoms with Crippen molar-refractivity contribution in [1.82, 2.24) is 15.4 Å². The van der Waals surface area contributed by atoms with Crippen molar-refractivity contribution in [1.29, 1.82) is 0 Å². The molecule has 0 fully saturated rings. The lowest BCUT2D eigenvalue weighted by atomic mass is 10.1. The highest BCUT2D eigenvalue weighted by molar-refractivity contribution is 6.28. The van der Waals surface area contributed by atoms with Crippen molar-refractivity contribution in [3.05, 3.63) is 83.0 Å². The van der Waals surface area contributed by atoms with Gasteiger partial charge in [-0.15, -0.1) is 0 Å². The molecule has 166 valence electrons. The van der Waals surface area contributed by atoms with Gasteiger partial charge in [-0.1, -0.05) is 24.3 Å². The molecule has 4 rings (SSSR count). The molecular formula is C23H16ClFN4O4. The molecule has 3 aromatic carbocycles. The second kappa shape index (κ2) is 9.49. The molecule has 0 aliphatic carbocycles. The summed E-state index contributed by atoms with van der Waals surface area (Å²) in [5.74, 6) is -1.40. The Morgan fingerprint density at radius 2 is 1.91 bits per heavy atom. The van der Waals surface area contributed by atoms with Gasteiger partial charge in [-0.25, -0.2) is 10.4 Å². The minimum atomic E-state index is -0.785. The van der Waals surface area contributed by atoms with E-state index in [1.54, 1.807) is 18.2 Å². The molecule has 1 aromatic heterocycles. The van der Waals surface area contributed by atoms with E-state index in [0.29, 0.717) is 5.56 Å². The summed E-state index contributed by atoms with van der Waals surface area (Å²) in [7, 11) is 1.41. The van der Waals surface area contributed by atoms with E-state index >= 15 is 0 Å². The zero-order valence-electron chi connectivity index (χ0n) is 17.1. The summed E-state index contributed by atoms with van der Waals surface area (Å²) in [6.45, 7) is 0. The van der Waals surface area contributed by atoms with E-state index in [-0.39, 0.29) is 34.0 Å². The molecule has 0 radical (unpaired) electrons.